The fourth-order valence-corrected chi connectivity index (χ4v) is 4.53. The van der Waals surface area contributed by atoms with Crippen molar-refractivity contribution in [3.8, 4) is 40.1 Å². The topological polar surface area (TPSA) is 206 Å². The number of hydrogen-bond acceptors (Lipinski definition) is 13. The number of aliphatic hydroxyl groups is 3. The second-order valence-electron chi connectivity index (χ2n) is 9.86. The summed E-state index contributed by atoms with van der Waals surface area (Å²) in [6, 6.07) is 13.8. The summed E-state index contributed by atoms with van der Waals surface area (Å²) >= 11 is 0. The number of carbonyl (C=O) groups excluding carboxylic acids is 1. The summed E-state index contributed by atoms with van der Waals surface area (Å²) in [6.07, 6.45) is -5.51. The van der Waals surface area contributed by atoms with Gasteiger partial charge in [0.05, 0.1) is 7.11 Å². The van der Waals surface area contributed by atoms with Crippen molar-refractivity contribution in [2.24, 2.45) is 0 Å². The van der Waals surface area contributed by atoms with Gasteiger partial charge >= 0.3 is 5.97 Å². The van der Waals surface area contributed by atoms with Gasteiger partial charge in [-0.05, 0) is 42.0 Å². The highest BCUT2D eigenvalue weighted by molar-refractivity contribution is 5.87. The van der Waals surface area contributed by atoms with Gasteiger partial charge in [0.15, 0.2) is 16.9 Å². The molecule has 1 aromatic heterocycles. The first-order valence-electron chi connectivity index (χ1n) is 13.2. The van der Waals surface area contributed by atoms with Gasteiger partial charge in [0.1, 0.15) is 65.0 Å². The standard InChI is InChI=1S/C31H28O13/c1-40-23-10-16(5-8-19(23)33)22-13-21(35)27-20(34)11-18(12-24(27)43-22)42-31-30(39)29(38)28(37)25(44-31)14-41-26(36)9-4-15-2-6-17(32)7-3-15/h2-13,25,28-34,37-39H,14H2,1H3/t25-,28-,29+,30-,31-/m1/s1. The van der Waals surface area contributed by atoms with Crippen LogP contribution >= 0.6 is 0 Å². The number of fused-ring (bicyclic) bond motifs is 1. The van der Waals surface area contributed by atoms with Crippen molar-refractivity contribution < 1.29 is 58.8 Å². The Hall–Kier alpha value is -5.08. The maximum Gasteiger partial charge on any atom is 0.330 e. The van der Waals surface area contributed by atoms with Crippen molar-refractivity contribution in [1.82, 2.24) is 0 Å². The lowest BCUT2D eigenvalue weighted by molar-refractivity contribution is -0.278. The fourth-order valence-electron chi connectivity index (χ4n) is 4.53. The zero-order valence-electron chi connectivity index (χ0n) is 23.1. The fraction of sp³-hybridized carbons (Fsp3) is 0.226. The number of hydrogen-bond donors (Lipinski definition) is 6. The Morgan fingerprint density at radius 3 is 2.39 bits per heavy atom. The third-order valence-electron chi connectivity index (χ3n) is 6.86. The van der Waals surface area contributed by atoms with Gasteiger partial charge in [-0.2, -0.15) is 0 Å². The van der Waals surface area contributed by atoms with E-state index in [9.17, 15) is 40.2 Å². The van der Waals surface area contributed by atoms with Gasteiger partial charge in [-0.15, -0.1) is 0 Å². The number of carbonyl (C=O) groups is 1. The Labute approximate surface area is 249 Å². The van der Waals surface area contributed by atoms with Crippen LogP contribution in [0.25, 0.3) is 28.4 Å². The van der Waals surface area contributed by atoms with E-state index in [-0.39, 0.29) is 39.7 Å². The SMILES string of the molecule is COc1cc(-c2cc(=O)c3c(O)cc(O[C@@H]4O[C@H](COC(=O)C=Cc5ccc(O)cc5)[C@@H](O)[C@H](O)[C@H]4O)cc3o2)ccc1O. The molecule has 0 aliphatic carbocycles. The second-order valence-corrected chi connectivity index (χ2v) is 9.86. The van der Waals surface area contributed by atoms with Gasteiger partial charge in [0, 0.05) is 29.8 Å². The number of rotatable bonds is 8. The first-order chi connectivity index (χ1) is 21.0. The van der Waals surface area contributed by atoms with Crippen LogP contribution in [0.3, 0.4) is 0 Å². The van der Waals surface area contributed by atoms with Crippen LogP contribution in [0.5, 0.6) is 28.7 Å². The molecule has 0 radical (unpaired) electrons. The minimum absolute atomic E-state index is 0.0639. The Morgan fingerprint density at radius 2 is 1.66 bits per heavy atom. The number of benzene rings is 3. The quantitative estimate of drug-likeness (QED) is 0.125. The predicted octanol–water partition coefficient (Wildman–Crippen LogP) is 2.03. The molecule has 4 aromatic rings. The van der Waals surface area contributed by atoms with Crippen molar-refractivity contribution >= 4 is 23.0 Å². The molecule has 1 saturated heterocycles. The molecule has 6 N–H and O–H groups in total. The first kappa shape index (κ1) is 30.4. The molecule has 1 fully saturated rings. The molecule has 5 atom stereocenters. The Bertz CT molecular complexity index is 1740. The minimum Gasteiger partial charge on any atom is -0.508 e. The van der Waals surface area contributed by atoms with Gasteiger partial charge < -0.3 is 54.0 Å². The van der Waals surface area contributed by atoms with Crippen molar-refractivity contribution in [3.63, 3.8) is 0 Å². The van der Waals surface area contributed by atoms with Crippen molar-refractivity contribution in [1.29, 1.82) is 0 Å². The van der Waals surface area contributed by atoms with Crippen LogP contribution in [0.4, 0.5) is 0 Å². The summed E-state index contributed by atoms with van der Waals surface area (Å²) in [6.45, 7) is -0.513. The largest absolute Gasteiger partial charge is 0.508 e. The molecule has 13 heteroatoms. The van der Waals surface area contributed by atoms with Gasteiger partial charge in [0.25, 0.3) is 0 Å². The number of ether oxygens (including phenoxy) is 4. The molecular formula is C31H28O13. The summed E-state index contributed by atoms with van der Waals surface area (Å²) < 4.78 is 27.3. The molecule has 0 amide bonds. The number of phenols is 3. The first-order valence-corrected chi connectivity index (χ1v) is 13.2. The van der Waals surface area contributed by atoms with E-state index in [1.165, 1.54) is 49.6 Å². The number of esters is 1. The highest BCUT2D eigenvalue weighted by atomic mass is 16.7. The molecule has 5 rings (SSSR count). The summed E-state index contributed by atoms with van der Waals surface area (Å²) in [7, 11) is 1.36. The number of aliphatic hydroxyl groups excluding tert-OH is 3. The normalized spacial score (nSPS) is 21.8. The summed E-state index contributed by atoms with van der Waals surface area (Å²) in [5.74, 6) is -1.24. The molecule has 230 valence electrons. The molecule has 0 bridgehead atoms. The van der Waals surface area contributed by atoms with E-state index >= 15 is 0 Å². The van der Waals surface area contributed by atoms with Gasteiger partial charge in [-0.25, -0.2) is 4.79 Å². The van der Waals surface area contributed by atoms with E-state index in [0.717, 1.165) is 18.2 Å². The molecular weight excluding hydrogens is 580 g/mol. The monoisotopic (exact) mass is 608 g/mol. The summed E-state index contributed by atoms with van der Waals surface area (Å²) in [5.41, 5.74) is 0.338. The van der Waals surface area contributed by atoms with Crippen LogP contribution < -0.4 is 14.9 Å². The second kappa shape index (κ2) is 12.7. The predicted molar refractivity (Wildman–Crippen MR) is 153 cm³/mol. The lowest BCUT2D eigenvalue weighted by atomic mass is 9.99. The van der Waals surface area contributed by atoms with E-state index in [2.05, 4.69) is 0 Å². The van der Waals surface area contributed by atoms with Crippen LogP contribution in [0, 0.1) is 0 Å². The van der Waals surface area contributed by atoms with Gasteiger partial charge in [-0.1, -0.05) is 12.1 Å². The summed E-state index contributed by atoms with van der Waals surface area (Å²) in [4.78, 5) is 25.0. The molecule has 3 aromatic carbocycles. The van der Waals surface area contributed by atoms with Gasteiger partial charge in [-0.3, -0.25) is 4.79 Å². The highest BCUT2D eigenvalue weighted by Crippen LogP contribution is 2.35. The lowest BCUT2D eigenvalue weighted by Crippen LogP contribution is -2.60. The van der Waals surface area contributed by atoms with Crippen molar-refractivity contribution in [3.05, 3.63) is 82.5 Å². The third-order valence-corrected chi connectivity index (χ3v) is 6.86. The van der Waals surface area contributed by atoms with Crippen molar-refractivity contribution in [2.45, 2.75) is 30.7 Å². The third kappa shape index (κ3) is 6.45. The number of phenolic OH excluding ortho intramolecular Hbond substituents is 3. The van der Waals surface area contributed by atoms with Crippen LogP contribution in [-0.4, -0.2) is 81.0 Å². The van der Waals surface area contributed by atoms with Crippen LogP contribution in [-0.2, 0) is 14.3 Å². The zero-order valence-corrected chi connectivity index (χ0v) is 23.1. The molecule has 44 heavy (non-hydrogen) atoms. The van der Waals surface area contributed by atoms with E-state index < -0.39 is 54.5 Å². The number of methoxy groups -OCH3 is 1. The van der Waals surface area contributed by atoms with E-state index in [1.807, 2.05) is 0 Å². The number of aromatic hydroxyl groups is 3. The maximum absolute atomic E-state index is 12.8. The van der Waals surface area contributed by atoms with E-state index in [0.29, 0.717) is 11.1 Å². The zero-order chi connectivity index (χ0) is 31.5. The Morgan fingerprint density at radius 1 is 0.909 bits per heavy atom. The van der Waals surface area contributed by atoms with Crippen LogP contribution in [0.15, 0.2) is 76.0 Å². The van der Waals surface area contributed by atoms with Crippen LogP contribution in [0.2, 0.25) is 0 Å². The molecule has 0 saturated carbocycles. The molecule has 2 heterocycles. The maximum atomic E-state index is 12.8. The molecule has 13 nitrogen and oxygen atoms in total. The molecule has 1 aliphatic heterocycles. The average molecular weight is 609 g/mol. The van der Waals surface area contributed by atoms with Crippen LogP contribution in [0.1, 0.15) is 5.56 Å². The summed E-state index contributed by atoms with van der Waals surface area (Å²) in [5, 5.41) is 61.0. The molecule has 0 spiro atoms. The van der Waals surface area contributed by atoms with E-state index in [4.69, 9.17) is 23.4 Å². The highest BCUT2D eigenvalue weighted by Gasteiger charge is 2.45. The van der Waals surface area contributed by atoms with Crippen molar-refractivity contribution in [2.75, 3.05) is 13.7 Å². The Kier molecular flexibility index (Phi) is 8.73. The van der Waals surface area contributed by atoms with E-state index in [1.54, 1.807) is 12.1 Å². The molecule has 0 unspecified atom stereocenters. The lowest BCUT2D eigenvalue weighted by Gasteiger charge is -2.39. The smallest absolute Gasteiger partial charge is 0.330 e. The van der Waals surface area contributed by atoms with Gasteiger partial charge in [0.2, 0.25) is 6.29 Å². The molecule has 1 aliphatic rings. The Balaban J connectivity index is 1.33. The minimum atomic E-state index is -1.76. The average Bonchev–Trinajstić information content (AvgIpc) is 3.00.